The zero-order valence-corrected chi connectivity index (χ0v) is 18.4. The molecular formula is C25H22N4O4. The van der Waals surface area contributed by atoms with Crippen molar-refractivity contribution in [3.63, 3.8) is 0 Å². The minimum atomic E-state index is -0.146. The molecule has 0 aliphatic rings. The molecule has 0 aliphatic carbocycles. The molecule has 33 heavy (non-hydrogen) atoms. The normalized spacial score (nSPS) is 10.5. The predicted molar refractivity (Wildman–Crippen MR) is 125 cm³/mol. The number of nitrogens with one attached hydrogen (secondary N) is 2. The highest BCUT2D eigenvalue weighted by atomic mass is 16.5. The van der Waals surface area contributed by atoms with E-state index in [0.29, 0.717) is 34.6 Å². The van der Waals surface area contributed by atoms with Gasteiger partial charge in [-0.25, -0.2) is 0 Å². The van der Waals surface area contributed by atoms with E-state index in [4.69, 9.17) is 9.26 Å². The number of hydrogen-bond donors (Lipinski definition) is 2. The molecule has 0 fully saturated rings. The fourth-order valence-corrected chi connectivity index (χ4v) is 3.26. The van der Waals surface area contributed by atoms with Crippen molar-refractivity contribution in [2.24, 2.45) is 0 Å². The van der Waals surface area contributed by atoms with E-state index in [1.54, 1.807) is 24.3 Å². The fourth-order valence-electron chi connectivity index (χ4n) is 3.26. The Morgan fingerprint density at radius 2 is 1.48 bits per heavy atom. The van der Waals surface area contributed by atoms with Crippen molar-refractivity contribution in [3.8, 4) is 34.3 Å². The van der Waals surface area contributed by atoms with Crippen LogP contribution in [0.5, 0.6) is 11.5 Å². The molecular weight excluding hydrogens is 420 g/mol. The molecule has 3 aromatic carbocycles. The summed E-state index contributed by atoms with van der Waals surface area (Å²) in [4.78, 5) is 27.0. The van der Waals surface area contributed by atoms with Gasteiger partial charge in [0.1, 0.15) is 11.5 Å². The van der Waals surface area contributed by atoms with Gasteiger partial charge in [0.2, 0.25) is 17.6 Å². The van der Waals surface area contributed by atoms with Gasteiger partial charge in [0.25, 0.3) is 5.89 Å². The number of carbonyl (C=O) groups excluding carboxylic acids is 2. The lowest BCUT2D eigenvalue weighted by molar-refractivity contribution is -0.115. The minimum absolute atomic E-state index is 0.125. The second-order valence-corrected chi connectivity index (χ2v) is 7.41. The second-order valence-electron chi connectivity index (χ2n) is 7.41. The minimum Gasteiger partial charge on any atom is -0.457 e. The maximum Gasteiger partial charge on any atom is 0.258 e. The van der Waals surface area contributed by atoms with Gasteiger partial charge in [-0.15, -0.1) is 0 Å². The first-order valence-electron chi connectivity index (χ1n) is 10.3. The Labute approximate surface area is 190 Å². The first kappa shape index (κ1) is 21.8. The number of anilines is 2. The average Bonchev–Trinajstić information content (AvgIpc) is 3.26. The first-order valence-corrected chi connectivity index (χ1v) is 10.3. The second kappa shape index (κ2) is 9.35. The summed E-state index contributed by atoms with van der Waals surface area (Å²) in [5.41, 5.74) is 3.77. The molecule has 1 heterocycles. The number of rotatable bonds is 6. The summed E-state index contributed by atoms with van der Waals surface area (Å²) >= 11 is 0. The molecule has 2 amide bonds. The number of benzene rings is 3. The van der Waals surface area contributed by atoms with Crippen LogP contribution in [0.1, 0.15) is 19.4 Å². The molecule has 0 saturated carbocycles. The zero-order valence-electron chi connectivity index (χ0n) is 18.4. The van der Waals surface area contributed by atoms with E-state index in [1.165, 1.54) is 13.8 Å². The van der Waals surface area contributed by atoms with Gasteiger partial charge in [0.05, 0.1) is 0 Å². The highest BCUT2D eigenvalue weighted by molar-refractivity contribution is 5.91. The SMILES string of the molecule is CC(=O)Nc1ccc(Oc2ccc(-c3noc(-c4cccc(NC(C)=O)c4C)n3)cc2)cc1. The average molecular weight is 442 g/mol. The molecule has 0 saturated heterocycles. The van der Waals surface area contributed by atoms with Crippen LogP contribution in [-0.2, 0) is 9.59 Å². The molecule has 4 rings (SSSR count). The van der Waals surface area contributed by atoms with Crippen molar-refractivity contribution < 1.29 is 18.8 Å². The predicted octanol–water partition coefficient (Wildman–Crippen LogP) is 5.42. The summed E-state index contributed by atoms with van der Waals surface area (Å²) in [6.45, 7) is 4.81. The van der Waals surface area contributed by atoms with Crippen LogP contribution in [0.25, 0.3) is 22.8 Å². The molecule has 0 unspecified atom stereocenters. The summed E-state index contributed by atoms with van der Waals surface area (Å²) in [5.74, 6) is 1.84. The maximum atomic E-state index is 11.4. The van der Waals surface area contributed by atoms with Crippen molar-refractivity contribution in [1.82, 2.24) is 10.1 Å². The van der Waals surface area contributed by atoms with Crippen LogP contribution in [0.3, 0.4) is 0 Å². The quantitative estimate of drug-likeness (QED) is 0.413. The third-order valence-corrected chi connectivity index (χ3v) is 4.82. The first-order chi connectivity index (χ1) is 15.9. The molecule has 0 aliphatic heterocycles. The molecule has 0 radical (unpaired) electrons. The Morgan fingerprint density at radius 1 is 0.848 bits per heavy atom. The van der Waals surface area contributed by atoms with E-state index in [0.717, 1.165) is 16.7 Å². The monoisotopic (exact) mass is 442 g/mol. The van der Waals surface area contributed by atoms with Crippen LogP contribution in [0, 0.1) is 6.92 Å². The lowest BCUT2D eigenvalue weighted by Gasteiger charge is -2.08. The molecule has 2 N–H and O–H groups in total. The van der Waals surface area contributed by atoms with Crippen LogP contribution < -0.4 is 15.4 Å². The van der Waals surface area contributed by atoms with Crippen molar-refractivity contribution >= 4 is 23.2 Å². The Morgan fingerprint density at radius 3 is 2.12 bits per heavy atom. The van der Waals surface area contributed by atoms with Crippen LogP contribution in [0.4, 0.5) is 11.4 Å². The van der Waals surface area contributed by atoms with Crippen LogP contribution in [0.15, 0.2) is 71.3 Å². The van der Waals surface area contributed by atoms with Crippen LogP contribution >= 0.6 is 0 Å². The van der Waals surface area contributed by atoms with Crippen LogP contribution in [-0.4, -0.2) is 22.0 Å². The number of hydrogen-bond acceptors (Lipinski definition) is 6. The number of ether oxygens (including phenoxy) is 1. The molecule has 8 nitrogen and oxygen atoms in total. The topological polar surface area (TPSA) is 106 Å². The summed E-state index contributed by atoms with van der Waals surface area (Å²) in [5, 5.41) is 9.60. The smallest absolute Gasteiger partial charge is 0.258 e. The summed E-state index contributed by atoms with van der Waals surface area (Å²) in [6.07, 6.45) is 0. The van der Waals surface area contributed by atoms with Gasteiger partial charge in [0.15, 0.2) is 0 Å². The summed E-state index contributed by atoms with van der Waals surface area (Å²) < 4.78 is 11.3. The third-order valence-electron chi connectivity index (χ3n) is 4.82. The van der Waals surface area contributed by atoms with Gasteiger partial charge in [-0.3, -0.25) is 9.59 Å². The third kappa shape index (κ3) is 5.24. The zero-order chi connectivity index (χ0) is 23.4. The van der Waals surface area contributed by atoms with E-state index in [2.05, 4.69) is 20.8 Å². The van der Waals surface area contributed by atoms with Gasteiger partial charge >= 0.3 is 0 Å². The number of aromatic nitrogens is 2. The van der Waals surface area contributed by atoms with E-state index in [-0.39, 0.29) is 11.8 Å². The standard InChI is InChI=1S/C25H22N4O4/c1-15-22(5-4-6-23(15)27-17(3)31)25-28-24(29-33-25)18-7-11-20(12-8-18)32-21-13-9-19(10-14-21)26-16(2)30/h4-14H,1-3H3,(H,26,30)(H,27,31). The Balaban J connectivity index is 1.48. The highest BCUT2D eigenvalue weighted by Crippen LogP contribution is 2.30. The number of amides is 2. The lowest BCUT2D eigenvalue weighted by Crippen LogP contribution is -2.07. The summed E-state index contributed by atoms with van der Waals surface area (Å²) in [7, 11) is 0. The largest absolute Gasteiger partial charge is 0.457 e. The van der Waals surface area contributed by atoms with Gasteiger partial charge in [-0.2, -0.15) is 4.98 Å². The van der Waals surface area contributed by atoms with Gasteiger partial charge < -0.3 is 19.9 Å². The molecule has 8 heteroatoms. The fraction of sp³-hybridized carbons (Fsp3) is 0.120. The van der Waals surface area contributed by atoms with E-state index < -0.39 is 0 Å². The molecule has 0 spiro atoms. The van der Waals surface area contributed by atoms with Crippen LogP contribution in [0.2, 0.25) is 0 Å². The van der Waals surface area contributed by atoms with Gasteiger partial charge in [-0.05, 0) is 73.2 Å². The van der Waals surface area contributed by atoms with Crippen molar-refractivity contribution in [1.29, 1.82) is 0 Å². The molecule has 166 valence electrons. The highest BCUT2D eigenvalue weighted by Gasteiger charge is 2.15. The summed E-state index contributed by atoms with van der Waals surface area (Å²) in [6, 6.07) is 19.9. The van der Waals surface area contributed by atoms with Crippen molar-refractivity contribution in [2.45, 2.75) is 20.8 Å². The molecule has 0 atom stereocenters. The Kier molecular flexibility index (Phi) is 6.17. The Hall–Kier alpha value is -4.46. The van der Waals surface area contributed by atoms with E-state index >= 15 is 0 Å². The van der Waals surface area contributed by atoms with Gasteiger partial charge in [0, 0.05) is 36.3 Å². The lowest BCUT2D eigenvalue weighted by atomic mass is 10.1. The van der Waals surface area contributed by atoms with E-state index in [9.17, 15) is 9.59 Å². The number of nitrogens with zero attached hydrogens (tertiary/aromatic N) is 2. The van der Waals surface area contributed by atoms with Crippen molar-refractivity contribution in [3.05, 3.63) is 72.3 Å². The number of carbonyl (C=O) groups is 2. The molecule has 0 bridgehead atoms. The van der Waals surface area contributed by atoms with Gasteiger partial charge in [-0.1, -0.05) is 11.2 Å². The van der Waals surface area contributed by atoms with E-state index in [1.807, 2.05) is 49.4 Å². The molecule has 4 aromatic rings. The Bertz CT molecular complexity index is 1290. The maximum absolute atomic E-state index is 11.4. The van der Waals surface area contributed by atoms with Crippen molar-refractivity contribution in [2.75, 3.05) is 10.6 Å². The molecule has 1 aromatic heterocycles.